The lowest BCUT2D eigenvalue weighted by atomic mass is 9.85. The monoisotopic (exact) mass is 395 g/mol. The predicted octanol–water partition coefficient (Wildman–Crippen LogP) is 3.01. The predicted molar refractivity (Wildman–Crippen MR) is 104 cm³/mol. The number of anilines is 1. The Morgan fingerprint density at radius 3 is 2.38 bits per heavy atom. The van der Waals surface area contributed by atoms with Crippen molar-refractivity contribution in [1.29, 1.82) is 0 Å². The summed E-state index contributed by atoms with van der Waals surface area (Å²) in [6.07, 6.45) is 0.0829. The number of Topliss-reactive ketones (excluding diaryl/α,β-unsaturated/α-hetero) is 1. The molecule has 1 fully saturated rings. The average Bonchev–Trinajstić information content (AvgIpc) is 2.75. The smallest absolute Gasteiger partial charge is 0.339 e. The van der Waals surface area contributed by atoms with Crippen LogP contribution in [0.15, 0.2) is 54.6 Å². The van der Waals surface area contributed by atoms with Crippen LogP contribution in [0, 0.1) is 5.92 Å². The molecule has 29 heavy (non-hydrogen) atoms. The summed E-state index contributed by atoms with van der Waals surface area (Å²) in [5.41, 5.74) is 0.872. The number of methoxy groups -OCH3 is 1. The SMILES string of the molecule is COC(=O)c1ccccc1NC(=O)[C@H]1C[C@@H](OC(=O)c2ccccc2)CCC1=O. The van der Waals surface area contributed by atoms with Gasteiger partial charge in [0.2, 0.25) is 5.91 Å². The van der Waals surface area contributed by atoms with Crippen molar-refractivity contribution >= 4 is 29.3 Å². The summed E-state index contributed by atoms with van der Waals surface area (Å²) in [6.45, 7) is 0. The number of ether oxygens (including phenoxy) is 2. The molecule has 1 N–H and O–H groups in total. The van der Waals surface area contributed by atoms with Gasteiger partial charge in [0, 0.05) is 12.8 Å². The molecular weight excluding hydrogens is 374 g/mol. The Labute approximate surface area is 168 Å². The molecule has 0 spiro atoms. The molecule has 0 saturated heterocycles. The summed E-state index contributed by atoms with van der Waals surface area (Å²) in [6, 6.07) is 14.9. The van der Waals surface area contributed by atoms with Gasteiger partial charge < -0.3 is 14.8 Å². The van der Waals surface area contributed by atoms with Crippen LogP contribution in [0.4, 0.5) is 5.69 Å². The first-order valence-electron chi connectivity index (χ1n) is 9.26. The molecule has 3 rings (SSSR count). The molecule has 2 aromatic rings. The van der Waals surface area contributed by atoms with Crippen LogP contribution in [0.2, 0.25) is 0 Å². The third kappa shape index (κ3) is 4.87. The second-order valence-corrected chi connectivity index (χ2v) is 6.71. The maximum absolute atomic E-state index is 12.7. The highest BCUT2D eigenvalue weighted by Gasteiger charge is 2.36. The molecular formula is C22H21NO6. The number of ketones is 1. The van der Waals surface area contributed by atoms with E-state index in [9.17, 15) is 19.2 Å². The molecule has 0 heterocycles. The first-order chi connectivity index (χ1) is 14.0. The molecule has 2 aromatic carbocycles. The van der Waals surface area contributed by atoms with Crippen LogP contribution in [0.1, 0.15) is 40.0 Å². The standard InChI is InChI=1S/C22H21NO6/c1-28-22(27)16-9-5-6-10-18(16)23-20(25)17-13-15(11-12-19(17)24)29-21(26)14-7-3-2-4-8-14/h2-10,15,17H,11-13H2,1H3,(H,23,25)/t15-,17-/m0/s1. The number of benzene rings is 2. The molecule has 1 amide bonds. The molecule has 0 aromatic heterocycles. The Hall–Kier alpha value is -3.48. The lowest BCUT2D eigenvalue weighted by Gasteiger charge is -2.27. The van der Waals surface area contributed by atoms with E-state index in [-0.39, 0.29) is 29.9 Å². The summed E-state index contributed by atoms with van der Waals surface area (Å²) in [7, 11) is 1.25. The van der Waals surface area contributed by atoms with Gasteiger partial charge in [-0.1, -0.05) is 30.3 Å². The van der Waals surface area contributed by atoms with Gasteiger partial charge >= 0.3 is 11.9 Å². The number of nitrogens with one attached hydrogen (secondary N) is 1. The van der Waals surface area contributed by atoms with Crippen molar-refractivity contribution in [3.05, 3.63) is 65.7 Å². The minimum absolute atomic E-state index is 0.101. The highest BCUT2D eigenvalue weighted by molar-refractivity contribution is 6.09. The highest BCUT2D eigenvalue weighted by atomic mass is 16.5. The van der Waals surface area contributed by atoms with Crippen molar-refractivity contribution < 1.29 is 28.7 Å². The normalized spacial score (nSPS) is 18.6. The van der Waals surface area contributed by atoms with Gasteiger partial charge in [-0.2, -0.15) is 0 Å². The molecule has 150 valence electrons. The number of carbonyl (C=O) groups is 4. The minimum atomic E-state index is -0.956. The zero-order chi connectivity index (χ0) is 20.8. The fraction of sp³-hybridized carbons (Fsp3) is 0.273. The van der Waals surface area contributed by atoms with E-state index in [2.05, 4.69) is 5.32 Å². The fourth-order valence-electron chi connectivity index (χ4n) is 3.24. The lowest BCUT2D eigenvalue weighted by Crippen LogP contribution is -2.38. The van der Waals surface area contributed by atoms with Gasteiger partial charge in [0.1, 0.15) is 17.8 Å². The Kier molecular flexibility index (Phi) is 6.39. The van der Waals surface area contributed by atoms with Crippen molar-refractivity contribution in [3.63, 3.8) is 0 Å². The molecule has 1 saturated carbocycles. The van der Waals surface area contributed by atoms with Crippen molar-refractivity contribution in [2.45, 2.75) is 25.4 Å². The Balaban J connectivity index is 1.68. The molecule has 7 nitrogen and oxygen atoms in total. The molecule has 0 unspecified atom stereocenters. The van der Waals surface area contributed by atoms with Crippen LogP contribution in [-0.4, -0.2) is 36.8 Å². The van der Waals surface area contributed by atoms with E-state index in [1.165, 1.54) is 13.2 Å². The van der Waals surface area contributed by atoms with Gasteiger partial charge in [-0.25, -0.2) is 9.59 Å². The van der Waals surface area contributed by atoms with E-state index < -0.39 is 29.9 Å². The van der Waals surface area contributed by atoms with Crippen molar-refractivity contribution in [2.24, 2.45) is 5.92 Å². The molecule has 1 aliphatic carbocycles. The number of amides is 1. The Morgan fingerprint density at radius 1 is 0.966 bits per heavy atom. The van der Waals surface area contributed by atoms with E-state index >= 15 is 0 Å². The topological polar surface area (TPSA) is 98.8 Å². The second kappa shape index (κ2) is 9.14. The van der Waals surface area contributed by atoms with Crippen LogP contribution in [0.25, 0.3) is 0 Å². The Morgan fingerprint density at radius 2 is 1.66 bits per heavy atom. The summed E-state index contributed by atoms with van der Waals surface area (Å²) in [5, 5.41) is 2.63. The van der Waals surface area contributed by atoms with Gasteiger partial charge in [-0.15, -0.1) is 0 Å². The highest BCUT2D eigenvalue weighted by Crippen LogP contribution is 2.27. The van der Waals surface area contributed by atoms with Crippen molar-refractivity contribution in [3.8, 4) is 0 Å². The lowest BCUT2D eigenvalue weighted by molar-refractivity contribution is -0.135. The molecule has 7 heteroatoms. The van der Waals surface area contributed by atoms with Gasteiger partial charge in [0.05, 0.1) is 23.9 Å². The van der Waals surface area contributed by atoms with Crippen LogP contribution < -0.4 is 5.32 Å². The number of hydrogen-bond acceptors (Lipinski definition) is 6. The van der Waals surface area contributed by atoms with E-state index in [1.54, 1.807) is 48.5 Å². The molecule has 2 atom stereocenters. The third-order valence-electron chi connectivity index (χ3n) is 4.79. The first-order valence-corrected chi connectivity index (χ1v) is 9.26. The largest absolute Gasteiger partial charge is 0.465 e. The number of para-hydroxylation sites is 1. The van der Waals surface area contributed by atoms with Gasteiger partial charge in [-0.3, -0.25) is 9.59 Å². The first kappa shape index (κ1) is 20.3. The van der Waals surface area contributed by atoms with E-state index in [1.807, 2.05) is 0 Å². The number of hydrogen-bond donors (Lipinski definition) is 1. The van der Waals surface area contributed by atoms with Gasteiger partial charge in [-0.05, 0) is 30.7 Å². The van der Waals surface area contributed by atoms with Gasteiger partial charge in [0.25, 0.3) is 0 Å². The van der Waals surface area contributed by atoms with E-state index in [0.29, 0.717) is 12.0 Å². The van der Waals surface area contributed by atoms with Crippen molar-refractivity contribution in [1.82, 2.24) is 0 Å². The van der Waals surface area contributed by atoms with Crippen LogP contribution in [0.5, 0.6) is 0 Å². The average molecular weight is 395 g/mol. The van der Waals surface area contributed by atoms with Crippen molar-refractivity contribution in [2.75, 3.05) is 12.4 Å². The number of rotatable bonds is 5. The molecule has 0 radical (unpaired) electrons. The summed E-state index contributed by atoms with van der Waals surface area (Å²) < 4.78 is 10.2. The number of esters is 2. The number of carbonyl (C=O) groups excluding carboxylic acids is 4. The van der Waals surface area contributed by atoms with Crippen LogP contribution in [0.3, 0.4) is 0 Å². The minimum Gasteiger partial charge on any atom is -0.465 e. The molecule has 0 bridgehead atoms. The fourth-order valence-corrected chi connectivity index (χ4v) is 3.24. The van der Waals surface area contributed by atoms with Gasteiger partial charge in [0.15, 0.2) is 0 Å². The zero-order valence-corrected chi connectivity index (χ0v) is 15.9. The summed E-state index contributed by atoms with van der Waals surface area (Å²) in [4.78, 5) is 49.1. The van der Waals surface area contributed by atoms with E-state index in [4.69, 9.17) is 9.47 Å². The summed E-state index contributed by atoms with van der Waals surface area (Å²) in [5.74, 6) is -2.79. The maximum atomic E-state index is 12.7. The zero-order valence-electron chi connectivity index (χ0n) is 15.9. The third-order valence-corrected chi connectivity index (χ3v) is 4.79. The molecule has 1 aliphatic rings. The maximum Gasteiger partial charge on any atom is 0.339 e. The van der Waals surface area contributed by atoms with Crippen LogP contribution >= 0.6 is 0 Å². The second-order valence-electron chi connectivity index (χ2n) is 6.71. The van der Waals surface area contributed by atoms with E-state index in [0.717, 1.165) is 0 Å². The molecule has 0 aliphatic heterocycles. The summed E-state index contributed by atoms with van der Waals surface area (Å²) >= 11 is 0. The quantitative estimate of drug-likeness (QED) is 0.617. The van der Waals surface area contributed by atoms with Crippen LogP contribution in [-0.2, 0) is 19.1 Å². The Bertz CT molecular complexity index is 924.